The highest BCUT2D eigenvalue weighted by atomic mass is 16.8. The van der Waals surface area contributed by atoms with Crippen LogP contribution in [0.25, 0.3) is 0 Å². The van der Waals surface area contributed by atoms with E-state index in [1.165, 1.54) is 13.8 Å². The summed E-state index contributed by atoms with van der Waals surface area (Å²) in [7, 11) is 0. The molecule has 0 amide bonds. The predicted molar refractivity (Wildman–Crippen MR) is 271 cm³/mol. The van der Waals surface area contributed by atoms with Gasteiger partial charge in [0.1, 0.15) is 30.5 Å². The van der Waals surface area contributed by atoms with E-state index in [9.17, 15) is 78.1 Å². The van der Waals surface area contributed by atoms with Crippen molar-refractivity contribution in [2.45, 2.75) is 114 Å². The number of fused-ring (bicyclic) bond motifs is 4. The van der Waals surface area contributed by atoms with Crippen LogP contribution in [0.2, 0.25) is 0 Å². The Balaban J connectivity index is 0.000000138. The molecule has 29 heteroatoms. The van der Waals surface area contributed by atoms with E-state index in [1.807, 2.05) is 0 Å². The van der Waals surface area contributed by atoms with Crippen molar-refractivity contribution in [2.24, 2.45) is 69.5 Å². The zero-order valence-corrected chi connectivity index (χ0v) is 46.7. The largest absolute Gasteiger partial charge is 0.458 e. The van der Waals surface area contributed by atoms with Crippen molar-refractivity contribution in [3.05, 3.63) is 49.6 Å². The molecule has 20 unspecified atom stereocenters. The molecule has 8 bridgehead atoms. The van der Waals surface area contributed by atoms with Gasteiger partial charge in [0.05, 0.1) is 41.4 Å². The lowest BCUT2D eigenvalue weighted by atomic mass is 9.75. The van der Waals surface area contributed by atoms with E-state index < -0.39 is 157 Å². The number of esters is 12. The van der Waals surface area contributed by atoms with Gasteiger partial charge in [0.15, 0.2) is 49.5 Å². The first-order valence-electron chi connectivity index (χ1n) is 27.5. The molecule has 0 aromatic rings. The van der Waals surface area contributed by atoms with Crippen molar-refractivity contribution >= 4 is 78.1 Å². The summed E-state index contributed by atoms with van der Waals surface area (Å²) < 4.78 is 65.8. The average Bonchev–Trinajstić information content (AvgIpc) is 1.58. The van der Waals surface area contributed by atoms with Crippen LogP contribution in [-0.4, -0.2) is 153 Å². The fraction of sp³-hybridized carbons (Fsp3) is 0.586. The molecule has 0 radical (unpaired) electrons. The van der Waals surface area contributed by atoms with E-state index >= 15 is 0 Å². The highest BCUT2D eigenvalue weighted by molar-refractivity contribution is 5.90. The van der Waals surface area contributed by atoms with Crippen LogP contribution >= 0.6 is 0 Å². The van der Waals surface area contributed by atoms with E-state index in [1.54, 1.807) is 0 Å². The van der Waals surface area contributed by atoms with Gasteiger partial charge in [-0.15, -0.1) is 0 Å². The number of hydrogen-bond donors (Lipinski definition) is 0. The van der Waals surface area contributed by atoms with Gasteiger partial charge in [-0.3, -0.25) is 24.0 Å². The van der Waals surface area contributed by atoms with E-state index in [2.05, 4.69) is 54.0 Å². The molecule has 8 aliphatic carbocycles. The standard InChI is InChI=1S/C15H15NO6.C15H16O8.2C14H13NO6/c1-7(2)13(18)20-5-10(17)21-11-8-3-9-12(11)22-14(19)15(9,4-8)6-16;1-7(2)13(18)20-5-11(17)22-12-8-3-9-10(4-8)15(12,21-6-16)23-14(9)19;1-2-9(16)19-5-10(17)20-12-11-7-3-14(12,6-15)4-8(7)13(18)21-11;1-2-9(16)19-5-10(17)20-11-7-3-8-12(11)21-13(18)14(8,4-7)6-15/h8-9,11-12H,1,3-5H2,2H3;6,8-10,12H,1,3-5H2,2H3;2*2,7-8,11-12H,1,3-5H2. The van der Waals surface area contributed by atoms with Gasteiger partial charge in [0.2, 0.25) is 0 Å². The van der Waals surface area contributed by atoms with Crippen molar-refractivity contribution in [3.8, 4) is 18.2 Å². The maximum atomic E-state index is 11.9. The lowest BCUT2D eigenvalue weighted by Gasteiger charge is -2.34. The lowest BCUT2D eigenvalue weighted by Crippen LogP contribution is -2.51. The predicted octanol–water partition coefficient (Wildman–Crippen LogP) is 0.797. The Morgan fingerprint density at radius 2 is 1.01 bits per heavy atom. The molecule has 460 valence electrons. The molecule has 0 aromatic carbocycles. The van der Waals surface area contributed by atoms with Crippen LogP contribution in [0.1, 0.15) is 65.2 Å². The molecule has 20 atom stereocenters. The summed E-state index contributed by atoms with van der Waals surface area (Å²) >= 11 is 0. The average molecular weight is 1210 g/mol. The summed E-state index contributed by atoms with van der Waals surface area (Å²) in [6.07, 6.45) is 1.34. The van der Waals surface area contributed by atoms with Gasteiger partial charge in [-0.05, 0) is 65.2 Å². The normalized spacial score (nSPS) is 37.6. The molecule has 29 nitrogen and oxygen atoms in total. The van der Waals surface area contributed by atoms with Crippen LogP contribution in [0.5, 0.6) is 0 Å². The number of nitrogens with zero attached hydrogens (tertiary/aromatic N) is 3. The maximum Gasteiger partial charge on any atom is 0.344 e. The number of hydrogen-bond acceptors (Lipinski definition) is 29. The van der Waals surface area contributed by atoms with Gasteiger partial charge >= 0.3 is 71.6 Å². The molecule has 87 heavy (non-hydrogen) atoms. The van der Waals surface area contributed by atoms with Crippen LogP contribution in [0, 0.1) is 103 Å². The summed E-state index contributed by atoms with van der Waals surface area (Å²) in [6, 6.07) is 6.35. The summed E-state index contributed by atoms with van der Waals surface area (Å²) in [5.74, 6) is -10.8. The number of rotatable bonds is 18. The molecule has 0 spiro atoms. The summed E-state index contributed by atoms with van der Waals surface area (Å²) in [4.78, 5) is 149. The maximum absolute atomic E-state index is 11.9. The van der Waals surface area contributed by atoms with Crippen molar-refractivity contribution in [3.63, 3.8) is 0 Å². The van der Waals surface area contributed by atoms with Crippen molar-refractivity contribution in [1.29, 1.82) is 15.8 Å². The van der Waals surface area contributed by atoms with Crippen LogP contribution in [-0.2, 0) is 124 Å². The molecule has 4 saturated heterocycles. The highest BCUT2D eigenvalue weighted by Gasteiger charge is 2.76. The Morgan fingerprint density at radius 3 is 1.46 bits per heavy atom. The zero-order valence-electron chi connectivity index (χ0n) is 46.7. The highest BCUT2D eigenvalue weighted by Crippen LogP contribution is 2.65. The van der Waals surface area contributed by atoms with Gasteiger partial charge in [0.25, 0.3) is 12.3 Å². The fourth-order valence-corrected chi connectivity index (χ4v) is 14.8. The van der Waals surface area contributed by atoms with E-state index in [-0.39, 0.29) is 76.8 Å². The minimum Gasteiger partial charge on any atom is -0.458 e. The van der Waals surface area contributed by atoms with Gasteiger partial charge in [-0.2, -0.15) is 15.8 Å². The molecule has 4 heterocycles. The Hall–Kier alpha value is -9.46. The lowest BCUT2D eigenvalue weighted by molar-refractivity contribution is -0.253. The van der Waals surface area contributed by atoms with E-state index in [4.69, 9.17) is 52.1 Å². The minimum absolute atomic E-state index is 0.0642. The monoisotopic (exact) mass is 1210 g/mol. The number of ether oxygens (including phenoxy) is 13. The summed E-state index contributed by atoms with van der Waals surface area (Å²) in [5, 5.41) is 28.0. The van der Waals surface area contributed by atoms with Gasteiger partial charge in [0, 0.05) is 58.8 Å². The zero-order chi connectivity index (χ0) is 63.2. The molecule has 4 aliphatic heterocycles. The molecular weight excluding hydrogens is 1150 g/mol. The van der Waals surface area contributed by atoms with Crippen LogP contribution in [0.4, 0.5) is 0 Å². The molecule has 12 aliphatic rings. The molecule has 0 N–H and O–H groups in total. The second-order valence-corrected chi connectivity index (χ2v) is 23.2. The van der Waals surface area contributed by atoms with Gasteiger partial charge in [-0.1, -0.05) is 26.3 Å². The third-order valence-electron chi connectivity index (χ3n) is 18.4. The second kappa shape index (κ2) is 23.8. The number of nitriles is 3. The Kier molecular flexibility index (Phi) is 17.0. The Labute approximate surface area is 493 Å². The summed E-state index contributed by atoms with van der Waals surface area (Å²) in [6.45, 7) is 14.2. The molecular formula is C58H57N3O26. The smallest absolute Gasteiger partial charge is 0.344 e. The van der Waals surface area contributed by atoms with E-state index in [0.717, 1.165) is 12.2 Å². The number of carbonyl (C=O) groups excluding carboxylic acids is 13. The first-order valence-corrected chi connectivity index (χ1v) is 27.5. The summed E-state index contributed by atoms with van der Waals surface area (Å²) in [5.41, 5.74) is -2.65. The first-order chi connectivity index (χ1) is 41.3. The van der Waals surface area contributed by atoms with E-state index in [0.29, 0.717) is 51.4 Å². The van der Waals surface area contributed by atoms with Crippen LogP contribution in [0.3, 0.4) is 0 Å². The van der Waals surface area contributed by atoms with Crippen LogP contribution in [0.15, 0.2) is 49.6 Å². The third kappa shape index (κ3) is 10.8. The quantitative estimate of drug-likeness (QED) is 0.0792. The Bertz CT molecular complexity index is 3210. The number of carbonyl (C=O) groups is 13. The second-order valence-electron chi connectivity index (χ2n) is 23.2. The SMILES string of the molecule is C=C(C)C(=O)OCC(=O)OC1C2CC3C(=O)OC1(OC=O)C3C2.C=C(C)C(=O)OCC(=O)OC1C2CC3C1OC(=O)C3(C#N)C2.C=CC(=O)OCC(=O)OC1C2CC3C1OC(=O)C3(C#N)C2.C=CC(=O)OCC(=O)OC1C2OC(=O)C3CC1(C#N)CC32. The van der Waals surface area contributed by atoms with Crippen molar-refractivity contribution < 1.29 is 124 Å². The first kappa shape index (κ1) is 62.1. The third-order valence-corrected chi connectivity index (χ3v) is 18.4. The molecule has 0 aromatic heterocycles. The fourth-order valence-electron chi connectivity index (χ4n) is 14.8. The van der Waals surface area contributed by atoms with Crippen molar-refractivity contribution in [1.82, 2.24) is 0 Å². The molecule has 12 fully saturated rings. The molecule has 8 saturated carbocycles. The van der Waals surface area contributed by atoms with Gasteiger partial charge < -0.3 is 61.6 Å². The Morgan fingerprint density at radius 1 is 0.552 bits per heavy atom. The molecule has 12 rings (SSSR count). The van der Waals surface area contributed by atoms with Gasteiger partial charge in [-0.25, -0.2) is 38.4 Å². The van der Waals surface area contributed by atoms with Crippen molar-refractivity contribution in [2.75, 3.05) is 26.4 Å². The topological polar surface area (TPSA) is 413 Å². The minimum atomic E-state index is -1.54. The van der Waals surface area contributed by atoms with Crippen LogP contribution < -0.4 is 0 Å².